The fourth-order valence-corrected chi connectivity index (χ4v) is 4.61. The van der Waals surface area contributed by atoms with E-state index in [4.69, 9.17) is 0 Å². The first-order chi connectivity index (χ1) is 15.8. The number of nitrogens with one attached hydrogen (secondary N) is 1. The standard InChI is InChI=1S/C26H31N5O2/c1-18(2)22-15-23(29-28-22)24(32)31-13-10-26(17-31,25(33)30(3)4)16-19-6-5-7-21(14-19)20-8-11-27-12-9-20/h5-9,11-12,14-15,18H,10,13,16-17H2,1-4H3,(H,28,29). The molecule has 2 aromatic heterocycles. The molecule has 4 rings (SSSR count). The van der Waals surface area contributed by atoms with Crippen LogP contribution in [0, 0.1) is 5.41 Å². The number of aromatic nitrogens is 3. The van der Waals surface area contributed by atoms with Crippen LogP contribution in [-0.2, 0) is 11.2 Å². The van der Waals surface area contributed by atoms with Gasteiger partial charge in [0.1, 0.15) is 5.69 Å². The molecule has 0 aliphatic carbocycles. The third-order valence-electron chi connectivity index (χ3n) is 6.42. The molecule has 1 unspecified atom stereocenters. The molecule has 1 aliphatic heterocycles. The fourth-order valence-electron chi connectivity index (χ4n) is 4.61. The number of benzene rings is 1. The average Bonchev–Trinajstić information content (AvgIpc) is 3.48. The number of H-pyrrole nitrogens is 1. The Morgan fingerprint density at radius 3 is 2.55 bits per heavy atom. The van der Waals surface area contributed by atoms with Crippen molar-refractivity contribution in [3.63, 3.8) is 0 Å². The molecule has 0 bridgehead atoms. The highest BCUT2D eigenvalue weighted by molar-refractivity contribution is 5.94. The van der Waals surface area contributed by atoms with Gasteiger partial charge in [-0.05, 0) is 53.6 Å². The Bertz CT molecular complexity index is 1140. The number of hydrogen-bond donors (Lipinski definition) is 1. The number of carbonyl (C=O) groups excluding carboxylic acids is 2. The third kappa shape index (κ3) is 4.67. The van der Waals surface area contributed by atoms with Crippen LogP contribution in [0.15, 0.2) is 54.9 Å². The van der Waals surface area contributed by atoms with E-state index < -0.39 is 5.41 Å². The van der Waals surface area contributed by atoms with Gasteiger partial charge in [0.05, 0.1) is 5.41 Å². The first kappa shape index (κ1) is 22.7. The summed E-state index contributed by atoms with van der Waals surface area (Å²) in [6, 6.07) is 14.0. The Kier molecular flexibility index (Phi) is 6.31. The van der Waals surface area contributed by atoms with Gasteiger partial charge in [-0.1, -0.05) is 38.1 Å². The van der Waals surface area contributed by atoms with E-state index in [1.165, 1.54) is 0 Å². The van der Waals surface area contributed by atoms with E-state index >= 15 is 0 Å². The Hall–Kier alpha value is -3.48. The van der Waals surface area contributed by atoms with Crippen molar-refractivity contribution >= 4 is 11.8 Å². The highest BCUT2D eigenvalue weighted by Gasteiger charge is 2.47. The van der Waals surface area contributed by atoms with Crippen molar-refractivity contribution in [2.75, 3.05) is 27.2 Å². The molecule has 1 atom stereocenters. The predicted octanol–water partition coefficient (Wildman–Crippen LogP) is 3.76. The molecule has 0 saturated carbocycles. The molecular weight excluding hydrogens is 414 g/mol. The van der Waals surface area contributed by atoms with Crippen LogP contribution in [0.2, 0.25) is 0 Å². The largest absolute Gasteiger partial charge is 0.348 e. The molecule has 7 heteroatoms. The van der Waals surface area contributed by atoms with Gasteiger partial charge >= 0.3 is 0 Å². The van der Waals surface area contributed by atoms with Crippen LogP contribution in [0.1, 0.15) is 47.9 Å². The summed E-state index contributed by atoms with van der Waals surface area (Å²) in [6.45, 7) is 5.02. The van der Waals surface area contributed by atoms with E-state index in [2.05, 4.69) is 47.2 Å². The molecule has 7 nitrogen and oxygen atoms in total. The lowest BCUT2D eigenvalue weighted by Crippen LogP contribution is -2.44. The minimum absolute atomic E-state index is 0.0528. The van der Waals surface area contributed by atoms with E-state index in [9.17, 15) is 9.59 Å². The molecule has 2 amide bonds. The molecule has 1 saturated heterocycles. The SMILES string of the molecule is CC(C)c1cc(C(=O)N2CCC(Cc3cccc(-c4ccncc4)c3)(C(=O)N(C)C)C2)n[nH]1. The van der Waals surface area contributed by atoms with E-state index in [-0.39, 0.29) is 17.7 Å². The first-order valence-electron chi connectivity index (χ1n) is 11.3. The summed E-state index contributed by atoms with van der Waals surface area (Å²) in [5.41, 5.74) is 3.93. The number of pyridine rings is 1. The van der Waals surface area contributed by atoms with E-state index in [0.717, 1.165) is 22.4 Å². The van der Waals surface area contributed by atoms with Crippen LogP contribution in [-0.4, -0.2) is 64.0 Å². The molecule has 0 spiro atoms. The third-order valence-corrected chi connectivity index (χ3v) is 6.42. The van der Waals surface area contributed by atoms with Crippen molar-refractivity contribution in [3.8, 4) is 11.1 Å². The zero-order chi connectivity index (χ0) is 23.6. The molecule has 3 heterocycles. The minimum atomic E-state index is -0.660. The summed E-state index contributed by atoms with van der Waals surface area (Å²) < 4.78 is 0. The summed E-state index contributed by atoms with van der Waals surface area (Å²) in [5.74, 6) is 0.189. The second-order valence-corrected chi connectivity index (χ2v) is 9.43. The van der Waals surface area contributed by atoms with Crippen molar-refractivity contribution in [3.05, 3.63) is 71.8 Å². The lowest BCUT2D eigenvalue weighted by molar-refractivity contribution is -0.138. The summed E-state index contributed by atoms with van der Waals surface area (Å²) in [5, 5.41) is 7.18. The van der Waals surface area contributed by atoms with Crippen molar-refractivity contribution in [2.45, 2.75) is 32.6 Å². The molecule has 1 aliphatic rings. The molecule has 0 radical (unpaired) electrons. The van der Waals surface area contributed by atoms with Crippen LogP contribution in [0.5, 0.6) is 0 Å². The quantitative estimate of drug-likeness (QED) is 0.626. The summed E-state index contributed by atoms with van der Waals surface area (Å²) in [7, 11) is 3.56. The molecule has 172 valence electrons. The van der Waals surface area contributed by atoms with Gasteiger partial charge in [0.25, 0.3) is 5.91 Å². The van der Waals surface area contributed by atoms with E-state index in [0.29, 0.717) is 31.6 Å². The number of likely N-dealkylation sites (tertiary alicyclic amines) is 1. The second kappa shape index (κ2) is 9.17. The minimum Gasteiger partial charge on any atom is -0.348 e. The van der Waals surface area contributed by atoms with Crippen LogP contribution < -0.4 is 0 Å². The number of aromatic amines is 1. The lowest BCUT2D eigenvalue weighted by atomic mass is 9.79. The lowest BCUT2D eigenvalue weighted by Gasteiger charge is -2.31. The van der Waals surface area contributed by atoms with Crippen molar-refractivity contribution in [1.29, 1.82) is 0 Å². The van der Waals surface area contributed by atoms with Crippen LogP contribution in [0.4, 0.5) is 0 Å². The van der Waals surface area contributed by atoms with Gasteiger partial charge in [-0.25, -0.2) is 0 Å². The molecule has 3 aromatic rings. The fraction of sp³-hybridized carbons (Fsp3) is 0.385. The maximum absolute atomic E-state index is 13.4. The number of rotatable bonds is 6. The highest BCUT2D eigenvalue weighted by atomic mass is 16.2. The normalized spacial score (nSPS) is 18.0. The maximum atomic E-state index is 13.4. The molecular formula is C26H31N5O2. The zero-order valence-corrected chi connectivity index (χ0v) is 19.7. The van der Waals surface area contributed by atoms with Crippen molar-refractivity contribution < 1.29 is 9.59 Å². The van der Waals surface area contributed by atoms with E-state index in [1.807, 2.05) is 24.3 Å². The van der Waals surface area contributed by atoms with Crippen molar-refractivity contribution in [1.82, 2.24) is 25.0 Å². The van der Waals surface area contributed by atoms with Gasteiger partial charge in [-0.2, -0.15) is 5.10 Å². The number of hydrogen-bond acceptors (Lipinski definition) is 4. The molecule has 1 N–H and O–H groups in total. The monoisotopic (exact) mass is 445 g/mol. The molecule has 1 fully saturated rings. The van der Waals surface area contributed by atoms with Gasteiger partial charge in [0.15, 0.2) is 0 Å². The second-order valence-electron chi connectivity index (χ2n) is 9.43. The first-order valence-corrected chi connectivity index (χ1v) is 11.3. The highest BCUT2D eigenvalue weighted by Crippen LogP contribution is 2.37. The Labute approximate surface area is 194 Å². The Morgan fingerprint density at radius 2 is 1.88 bits per heavy atom. The summed E-state index contributed by atoms with van der Waals surface area (Å²) >= 11 is 0. The Morgan fingerprint density at radius 1 is 1.12 bits per heavy atom. The van der Waals surface area contributed by atoms with Gasteiger partial charge in [0, 0.05) is 45.3 Å². The average molecular weight is 446 g/mol. The van der Waals surface area contributed by atoms with Crippen LogP contribution >= 0.6 is 0 Å². The van der Waals surface area contributed by atoms with Crippen LogP contribution in [0.25, 0.3) is 11.1 Å². The zero-order valence-electron chi connectivity index (χ0n) is 19.7. The number of carbonyl (C=O) groups is 2. The Balaban J connectivity index is 1.59. The van der Waals surface area contributed by atoms with Gasteiger partial charge in [-0.15, -0.1) is 0 Å². The number of nitrogens with zero attached hydrogens (tertiary/aromatic N) is 4. The topological polar surface area (TPSA) is 82.2 Å². The number of amides is 2. The van der Waals surface area contributed by atoms with Gasteiger partial charge < -0.3 is 9.80 Å². The van der Waals surface area contributed by atoms with Crippen molar-refractivity contribution in [2.24, 2.45) is 5.41 Å². The molecule has 1 aromatic carbocycles. The van der Waals surface area contributed by atoms with Gasteiger partial charge in [-0.3, -0.25) is 19.7 Å². The summed E-state index contributed by atoms with van der Waals surface area (Å²) in [6.07, 6.45) is 4.75. The molecule has 33 heavy (non-hydrogen) atoms. The van der Waals surface area contributed by atoms with Crippen LogP contribution in [0.3, 0.4) is 0 Å². The van der Waals surface area contributed by atoms with Gasteiger partial charge in [0.2, 0.25) is 5.91 Å². The maximum Gasteiger partial charge on any atom is 0.274 e. The summed E-state index contributed by atoms with van der Waals surface area (Å²) in [4.78, 5) is 34.1. The van der Waals surface area contributed by atoms with E-state index in [1.54, 1.807) is 36.3 Å². The predicted molar refractivity (Wildman–Crippen MR) is 128 cm³/mol. The smallest absolute Gasteiger partial charge is 0.274 e.